The van der Waals surface area contributed by atoms with Crippen molar-refractivity contribution in [3.05, 3.63) is 41.9 Å². The van der Waals surface area contributed by atoms with Crippen LogP contribution in [0.2, 0.25) is 0 Å². The van der Waals surface area contributed by atoms with E-state index in [0.29, 0.717) is 11.0 Å². The molecule has 7 nitrogen and oxygen atoms in total. The highest BCUT2D eigenvalue weighted by Gasteiger charge is 2.22. The van der Waals surface area contributed by atoms with Crippen LogP contribution in [0, 0.1) is 23.0 Å². The summed E-state index contributed by atoms with van der Waals surface area (Å²) in [4.78, 5) is 8.27. The number of benzene rings is 1. The highest BCUT2D eigenvalue weighted by Crippen LogP contribution is 2.33. The third-order valence-electron chi connectivity index (χ3n) is 4.38. The van der Waals surface area contributed by atoms with Gasteiger partial charge in [0.15, 0.2) is 17.2 Å². The van der Waals surface area contributed by atoms with E-state index >= 15 is 0 Å². The molecule has 1 aliphatic heterocycles. The van der Waals surface area contributed by atoms with Crippen LogP contribution < -0.4 is 10.1 Å². The van der Waals surface area contributed by atoms with Crippen molar-refractivity contribution in [2.75, 3.05) is 13.1 Å². The molecule has 1 aromatic carbocycles. The molecule has 1 aliphatic rings. The molecule has 0 spiro atoms. The van der Waals surface area contributed by atoms with Gasteiger partial charge in [0, 0.05) is 0 Å². The van der Waals surface area contributed by atoms with E-state index in [4.69, 9.17) is 10.00 Å². The van der Waals surface area contributed by atoms with Gasteiger partial charge in [-0.25, -0.2) is 19.0 Å². The van der Waals surface area contributed by atoms with Gasteiger partial charge in [0.25, 0.3) is 0 Å². The second-order valence-corrected chi connectivity index (χ2v) is 5.94. The summed E-state index contributed by atoms with van der Waals surface area (Å²) < 4.78 is 34.9. The smallest absolute Gasteiger partial charge is 0.233 e. The fourth-order valence-electron chi connectivity index (χ4n) is 3.06. The SMILES string of the molecule is N#Cc1ccc(F)c(F)c1Oc1ncnc2c1cnn2C1CCNCC1. The Hall–Kier alpha value is -3.12. The Bertz CT molecular complexity index is 1010. The average molecular weight is 356 g/mol. The van der Waals surface area contributed by atoms with Crippen molar-refractivity contribution in [3.8, 4) is 17.7 Å². The van der Waals surface area contributed by atoms with E-state index in [1.807, 2.05) is 0 Å². The van der Waals surface area contributed by atoms with Crippen LogP contribution in [-0.2, 0) is 0 Å². The average Bonchev–Trinajstić information content (AvgIpc) is 3.11. The number of fused-ring (bicyclic) bond motifs is 1. The number of ether oxygens (including phenoxy) is 1. The molecule has 0 aliphatic carbocycles. The van der Waals surface area contributed by atoms with E-state index in [2.05, 4.69) is 20.4 Å². The molecule has 3 heterocycles. The van der Waals surface area contributed by atoms with Crippen molar-refractivity contribution in [3.63, 3.8) is 0 Å². The molecule has 1 saturated heterocycles. The topological polar surface area (TPSA) is 88.7 Å². The van der Waals surface area contributed by atoms with Crippen LogP contribution in [0.1, 0.15) is 24.4 Å². The molecule has 1 N–H and O–H groups in total. The summed E-state index contributed by atoms with van der Waals surface area (Å²) in [5.41, 5.74) is 0.429. The molecule has 0 amide bonds. The molecule has 4 rings (SSSR count). The number of nitrogens with one attached hydrogen (secondary N) is 1. The normalized spacial score (nSPS) is 15.1. The Kier molecular flexibility index (Phi) is 4.18. The zero-order valence-corrected chi connectivity index (χ0v) is 13.6. The number of piperidine rings is 1. The first kappa shape index (κ1) is 16.4. The van der Waals surface area contributed by atoms with Crippen LogP contribution in [0.3, 0.4) is 0 Å². The molecule has 26 heavy (non-hydrogen) atoms. The van der Waals surface area contributed by atoms with Gasteiger partial charge < -0.3 is 10.1 Å². The molecule has 9 heteroatoms. The van der Waals surface area contributed by atoms with Gasteiger partial charge in [0.2, 0.25) is 11.7 Å². The van der Waals surface area contributed by atoms with E-state index in [0.717, 1.165) is 38.1 Å². The molecular weight excluding hydrogens is 342 g/mol. The Morgan fingerprint density at radius 1 is 1.23 bits per heavy atom. The number of aromatic nitrogens is 4. The van der Waals surface area contributed by atoms with E-state index in [1.54, 1.807) is 10.8 Å². The quantitative estimate of drug-likeness (QED) is 0.776. The van der Waals surface area contributed by atoms with Crippen LogP contribution in [0.25, 0.3) is 11.0 Å². The van der Waals surface area contributed by atoms with Crippen molar-refractivity contribution in [1.82, 2.24) is 25.1 Å². The highest BCUT2D eigenvalue weighted by atomic mass is 19.2. The van der Waals surface area contributed by atoms with Gasteiger partial charge in [0.1, 0.15) is 17.8 Å². The molecule has 2 aromatic heterocycles. The van der Waals surface area contributed by atoms with Crippen molar-refractivity contribution < 1.29 is 13.5 Å². The lowest BCUT2D eigenvalue weighted by molar-refractivity contribution is 0.349. The Labute approximate surface area is 147 Å². The van der Waals surface area contributed by atoms with Gasteiger partial charge in [-0.15, -0.1) is 0 Å². The first-order valence-electron chi connectivity index (χ1n) is 8.14. The summed E-state index contributed by atoms with van der Waals surface area (Å²) in [7, 11) is 0. The zero-order valence-electron chi connectivity index (χ0n) is 13.6. The fraction of sp³-hybridized carbons (Fsp3) is 0.294. The number of halogens is 2. The summed E-state index contributed by atoms with van der Waals surface area (Å²) in [6.45, 7) is 1.78. The molecule has 0 bridgehead atoms. The van der Waals surface area contributed by atoms with Gasteiger partial charge in [-0.05, 0) is 38.1 Å². The fourth-order valence-corrected chi connectivity index (χ4v) is 3.06. The molecule has 3 aromatic rings. The summed E-state index contributed by atoms with van der Waals surface area (Å²) in [6, 6.07) is 4.02. The van der Waals surface area contributed by atoms with Crippen molar-refractivity contribution in [2.45, 2.75) is 18.9 Å². The maximum absolute atomic E-state index is 14.1. The van der Waals surface area contributed by atoms with E-state index in [9.17, 15) is 8.78 Å². The summed E-state index contributed by atoms with van der Waals surface area (Å²) in [5.74, 6) is -2.81. The minimum Gasteiger partial charge on any atom is -0.434 e. The summed E-state index contributed by atoms with van der Waals surface area (Å²) >= 11 is 0. The molecule has 0 radical (unpaired) electrons. The van der Waals surface area contributed by atoms with Gasteiger partial charge in [-0.2, -0.15) is 14.8 Å². The van der Waals surface area contributed by atoms with Crippen molar-refractivity contribution in [1.29, 1.82) is 5.26 Å². The molecule has 0 saturated carbocycles. The minimum atomic E-state index is -1.23. The van der Waals surface area contributed by atoms with Gasteiger partial charge in [0.05, 0.1) is 17.8 Å². The van der Waals surface area contributed by atoms with Crippen LogP contribution >= 0.6 is 0 Å². The Balaban J connectivity index is 1.76. The highest BCUT2D eigenvalue weighted by molar-refractivity contribution is 5.80. The zero-order chi connectivity index (χ0) is 18.1. The standard InChI is InChI=1S/C17H14F2N6O/c18-13-2-1-10(7-20)15(14(13)19)26-17-12-8-24-25(16(12)22-9-23-17)11-3-5-21-6-4-11/h1-2,8-9,11,21H,3-6H2. The summed E-state index contributed by atoms with van der Waals surface area (Å²) in [6.07, 6.45) is 4.64. The van der Waals surface area contributed by atoms with Crippen molar-refractivity contribution in [2.24, 2.45) is 0 Å². The third-order valence-corrected chi connectivity index (χ3v) is 4.38. The lowest BCUT2D eigenvalue weighted by atomic mass is 10.1. The lowest BCUT2D eigenvalue weighted by Crippen LogP contribution is -2.29. The molecule has 132 valence electrons. The number of nitrogens with zero attached hydrogens (tertiary/aromatic N) is 5. The predicted molar refractivity (Wildman–Crippen MR) is 87.6 cm³/mol. The van der Waals surface area contributed by atoms with Crippen molar-refractivity contribution >= 4 is 11.0 Å². The Morgan fingerprint density at radius 2 is 2.04 bits per heavy atom. The largest absolute Gasteiger partial charge is 0.434 e. The second kappa shape index (κ2) is 6.65. The van der Waals surface area contributed by atoms with Crippen LogP contribution in [-0.4, -0.2) is 32.8 Å². The number of hydrogen-bond acceptors (Lipinski definition) is 6. The lowest BCUT2D eigenvalue weighted by Gasteiger charge is -2.23. The molecule has 1 fully saturated rings. The first-order chi connectivity index (χ1) is 12.7. The predicted octanol–water partition coefficient (Wildman–Crippen LogP) is 2.69. The monoisotopic (exact) mass is 356 g/mol. The number of nitriles is 1. The van der Waals surface area contributed by atoms with Gasteiger partial charge in [-0.3, -0.25) is 0 Å². The first-order valence-corrected chi connectivity index (χ1v) is 8.14. The van der Waals surface area contributed by atoms with Gasteiger partial charge >= 0.3 is 0 Å². The maximum Gasteiger partial charge on any atom is 0.233 e. The van der Waals surface area contributed by atoms with E-state index in [-0.39, 0.29) is 17.5 Å². The molecular formula is C17H14F2N6O. The van der Waals surface area contributed by atoms with Gasteiger partial charge in [-0.1, -0.05) is 0 Å². The molecule has 0 unspecified atom stereocenters. The van der Waals surface area contributed by atoms with Crippen LogP contribution in [0.4, 0.5) is 8.78 Å². The van der Waals surface area contributed by atoms with Crippen LogP contribution in [0.5, 0.6) is 11.6 Å². The number of hydrogen-bond donors (Lipinski definition) is 1. The Morgan fingerprint density at radius 3 is 2.81 bits per heavy atom. The second-order valence-electron chi connectivity index (χ2n) is 5.94. The van der Waals surface area contributed by atoms with E-state index in [1.165, 1.54) is 12.5 Å². The summed E-state index contributed by atoms with van der Waals surface area (Å²) in [5, 5.41) is 17.3. The van der Waals surface area contributed by atoms with Crippen LogP contribution in [0.15, 0.2) is 24.7 Å². The van der Waals surface area contributed by atoms with E-state index < -0.39 is 17.4 Å². The third kappa shape index (κ3) is 2.74. The maximum atomic E-state index is 14.1. The molecule has 0 atom stereocenters. The number of rotatable bonds is 3. The minimum absolute atomic E-state index is 0.0242.